The monoisotopic (exact) mass is 291 g/mol. The quantitative estimate of drug-likeness (QED) is 0.858. The average Bonchev–Trinajstić information content (AvgIpc) is 3.00. The van der Waals surface area contributed by atoms with Crippen LogP contribution in [0.3, 0.4) is 0 Å². The number of nitrogens with one attached hydrogen (secondary N) is 1. The van der Waals surface area contributed by atoms with Gasteiger partial charge in [0, 0.05) is 26.0 Å². The van der Waals surface area contributed by atoms with E-state index in [0.29, 0.717) is 6.54 Å². The van der Waals surface area contributed by atoms with E-state index in [0.717, 1.165) is 18.0 Å². The van der Waals surface area contributed by atoms with Gasteiger partial charge in [-0.05, 0) is 24.0 Å². The third-order valence-electron chi connectivity index (χ3n) is 3.35. The molecule has 0 bridgehead atoms. The molecule has 5 heteroatoms. The Morgan fingerprint density at radius 2 is 2.19 bits per heavy atom. The van der Waals surface area contributed by atoms with Crippen molar-refractivity contribution in [3.05, 3.63) is 42.4 Å². The molecular weight excluding hydrogens is 266 g/mol. The van der Waals surface area contributed by atoms with E-state index in [-0.39, 0.29) is 11.5 Å². The number of hydrogen-bond donors (Lipinski definition) is 2. The van der Waals surface area contributed by atoms with Crippen LogP contribution in [0.15, 0.2) is 35.2 Å². The summed E-state index contributed by atoms with van der Waals surface area (Å²) in [6, 6.07) is 3.62. The van der Waals surface area contributed by atoms with Crippen molar-refractivity contribution in [1.29, 1.82) is 0 Å². The summed E-state index contributed by atoms with van der Waals surface area (Å²) in [6.45, 7) is 6.87. The molecule has 2 aromatic rings. The number of aliphatic hydroxyl groups is 1. The van der Waals surface area contributed by atoms with Gasteiger partial charge >= 0.3 is 0 Å². The molecule has 0 aliphatic rings. The van der Waals surface area contributed by atoms with Crippen LogP contribution in [0.25, 0.3) is 0 Å². The fraction of sp³-hybridized carbons (Fsp3) is 0.562. The predicted molar refractivity (Wildman–Crippen MR) is 81.8 cm³/mol. The van der Waals surface area contributed by atoms with Crippen molar-refractivity contribution in [3.63, 3.8) is 0 Å². The van der Waals surface area contributed by atoms with E-state index in [1.165, 1.54) is 0 Å². The number of imidazole rings is 1. The highest BCUT2D eigenvalue weighted by Gasteiger charge is 2.23. The first-order valence-electron chi connectivity index (χ1n) is 7.29. The lowest BCUT2D eigenvalue weighted by atomic mass is 9.89. The van der Waals surface area contributed by atoms with Gasteiger partial charge < -0.3 is 14.1 Å². The standard InChI is InChI=1S/C16H25N3O2/c1-16(2,3)10-12(20)11-18-14(13-6-5-9-21-13)15-17-7-8-19(15)4/h5-9,12,14,18,20H,10-11H2,1-4H3. The van der Waals surface area contributed by atoms with Crippen molar-refractivity contribution in [2.24, 2.45) is 12.5 Å². The third-order valence-corrected chi connectivity index (χ3v) is 3.35. The molecule has 2 unspecified atom stereocenters. The minimum atomic E-state index is -0.400. The molecule has 0 spiro atoms. The first-order valence-corrected chi connectivity index (χ1v) is 7.29. The van der Waals surface area contributed by atoms with Crippen molar-refractivity contribution >= 4 is 0 Å². The Bertz CT molecular complexity index is 540. The molecule has 2 N–H and O–H groups in total. The molecular formula is C16H25N3O2. The van der Waals surface area contributed by atoms with Gasteiger partial charge in [0.15, 0.2) is 0 Å². The Kier molecular flexibility index (Phi) is 4.85. The van der Waals surface area contributed by atoms with E-state index in [1.807, 2.05) is 29.9 Å². The third kappa shape index (κ3) is 4.44. The van der Waals surface area contributed by atoms with Gasteiger partial charge in [-0.3, -0.25) is 5.32 Å². The second kappa shape index (κ2) is 6.45. The zero-order chi connectivity index (χ0) is 15.5. The van der Waals surface area contributed by atoms with Crippen LogP contribution in [0.1, 0.15) is 44.8 Å². The number of aromatic nitrogens is 2. The average molecular weight is 291 g/mol. The molecule has 0 aliphatic heterocycles. The topological polar surface area (TPSA) is 63.2 Å². The Balaban J connectivity index is 2.06. The molecule has 0 aliphatic carbocycles. The molecule has 0 saturated heterocycles. The molecule has 0 saturated carbocycles. The number of hydrogen-bond acceptors (Lipinski definition) is 4. The lowest BCUT2D eigenvalue weighted by Gasteiger charge is -2.24. The van der Waals surface area contributed by atoms with Crippen molar-refractivity contribution in [2.75, 3.05) is 6.54 Å². The van der Waals surface area contributed by atoms with Crippen LogP contribution in [0.4, 0.5) is 0 Å². The first-order chi connectivity index (χ1) is 9.87. The highest BCUT2D eigenvalue weighted by Crippen LogP contribution is 2.23. The highest BCUT2D eigenvalue weighted by molar-refractivity contribution is 5.15. The number of aryl methyl sites for hydroxylation is 1. The van der Waals surface area contributed by atoms with Gasteiger partial charge in [-0.1, -0.05) is 20.8 Å². The second-order valence-electron chi connectivity index (χ2n) is 6.67. The fourth-order valence-electron chi connectivity index (χ4n) is 2.46. The molecule has 0 aromatic carbocycles. The minimum absolute atomic E-state index is 0.102. The number of nitrogens with zero attached hydrogens (tertiary/aromatic N) is 2. The smallest absolute Gasteiger partial charge is 0.133 e. The van der Waals surface area contributed by atoms with E-state index >= 15 is 0 Å². The predicted octanol–water partition coefficient (Wildman–Crippen LogP) is 2.49. The fourth-order valence-corrected chi connectivity index (χ4v) is 2.46. The lowest BCUT2D eigenvalue weighted by Crippen LogP contribution is -2.34. The summed E-state index contributed by atoms with van der Waals surface area (Å²) in [4.78, 5) is 4.38. The number of furan rings is 1. The van der Waals surface area contributed by atoms with Crippen LogP contribution in [-0.4, -0.2) is 27.3 Å². The molecule has 21 heavy (non-hydrogen) atoms. The van der Waals surface area contributed by atoms with E-state index in [1.54, 1.807) is 12.5 Å². The van der Waals surface area contributed by atoms with E-state index in [4.69, 9.17) is 4.42 Å². The summed E-state index contributed by atoms with van der Waals surface area (Å²) in [5.74, 6) is 1.67. The van der Waals surface area contributed by atoms with Crippen LogP contribution in [0.5, 0.6) is 0 Å². The molecule has 2 aromatic heterocycles. The van der Waals surface area contributed by atoms with Crippen LogP contribution in [0.2, 0.25) is 0 Å². The zero-order valence-corrected chi connectivity index (χ0v) is 13.2. The normalized spacial score (nSPS) is 15.1. The summed E-state index contributed by atoms with van der Waals surface area (Å²) >= 11 is 0. The Labute approximate surface area is 126 Å². The molecule has 0 amide bonds. The summed E-state index contributed by atoms with van der Waals surface area (Å²) in [5, 5.41) is 13.5. The Hall–Kier alpha value is -1.59. The summed E-state index contributed by atoms with van der Waals surface area (Å²) in [7, 11) is 1.95. The van der Waals surface area contributed by atoms with Crippen molar-refractivity contribution < 1.29 is 9.52 Å². The maximum atomic E-state index is 10.2. The van der Waals surface area contributed by atoms with Crippen LogP contribution < -0.4 is 5.32 Å². The zero-order valence-electron chi connectivity index (χ0n) is 13.2. The molecule has 2 atom stereocenters. The van der Waals surface area contributed by atoms with E-state index in [2.05, 4.69) is 31.1 Å². The van der Waals surface area contributed by atoms with Crippen LogP contribution in [-0.2, 0) is 7.05 Å². The van der Waals surface area contributed by atoms with E-state index < -0.39 is 6.10 Å². The first kappa shape index (κ1) is 15.8. The van der Waals surface area contributed by atoms with Gasteiger partial charge in [-0.15, -0.1) is 0 Å². The summed E-state index contributed by atoms with van der Waals surface area (Å²) in [6.07, 6.45) is 5.66. The number of rotatable bonds is 6. The molecule has 2 heterocycles. The van der Waals surface area contributed by atoms with Gasteiger partial charge in [0.05, 0.1) is 12.4 Å². The van der Waals surface area contributed by atoms with Crippen LogP contribution in [0, 0.1) is 5.41 Å². The largest absolute Gasteiger partial charge is 0.467 e. The minimum Gasteiger partial charge on any atom is -0.467 e. The van der Waals surface area contributed by atoms with Crippen molar-refractivity contribution in [1.82, 2.24) is 14.9 Å². The maximum absolute atomic E-state index is 10.2. The number of aliphatic hydroxyl groups excluding tert-OH is 1. The maximum Gasteiger partial charge on any atom is 0.133 e. The van der Waals surface area contributed by atoms with Crippen molar-refractivity contribution in [2.45, 2.75) is 39.3 Å². The molecule has 0 fully saturated rings. The Morgan fingerprint density at radius 1 is 1.43 bits per heavy atom. The van der Waals surface area contributed by atoms with Gasteiger partial charge in [0.1, 0.15) is 17.6 Å². The summed E-state index contributed by atoms with van der Waals surface area (Å²) < 4.78 is 7.46. The van der Waals surface area contributed by atoms with Gasteiger partial charge in [0.25, 0.3) is 0 Å². The van der Waals surface area contributed by atoms with E-state index in [9.17, 15) is 5.11 Å². The molecule has 2 rings (SSSR count). The molecule has 5 nitrogen and oxygen atoms in total. The SMILES string of the molecule is Cn1ccnc1C(NCC(O)CC(C)(C)C)c1ccco1. The van der Waals surface area contributed by atoms with Gasteiger partial charge in [0.2, 0.25) is 0 Å². The van der Waals surface area contributed by atoms with Crippen molar-refractivity contribution in [3.8, 4) is 0 Å². The summed E-state index contributed by atoms with van der Waals surface area (Å²) in [5.41, 5.74) is 0.102. The Morgan fingerprint density at radius 3 is 2.71 bits per heavy atom. The molecule has 116 valence electrons. The van der Waals surface area contributed by atoms with Gasteiger partial charge in [-0.25, -0.2) is 4.98 Å². The van der Waals surface area contributed by atoms with Gasteiger partial charge in [-0.2, -0.15) is 0 Å². The molecule has 0 radical (unpaired) electrons. The lowest BCUT2D eigenvalue weighted by molar-refractivity contribution is 0.116. The highest BCUT2D eigenvalue weighted by atomic mass is 16.3. The second-order valence-corrected chi connectivity index (χ2v) is 6.67. The van der Waals surface area contributed by atoms with Crippen LogP contribution >= 0.6 is 0 Å².